The first-order valence-electron chi connectivity index (χ1n) is 11.5. The topological polar surface area (TPSA) is 42.4 Å². The van der Waals surface area contributed by atoms with Crippen LogP contribution >= 0.6 is 22.9 Å². The van der Waals surface area contributed by atoms with Gasteiger partial charge in [-0.25, -0.2) is 9.78 Å². The maximum Gasteiger partial charge on any atom is 0.410 e. The van der Waals surface area contributed by atoms with Gasteiger partial charge in [-0.15, -0.1) is 11.3 Å². The highest BCUT2D eigenvalue weighted by Crippen LogP contribution is 2.46. The Kier molecular flexibility index (Phi) is 6.64. The van der Waals surface area contributed by atoms with E-state index in [1.165, 1.54) is 35.5 Å². The van der Waals surface area contributed by atoms with E-state index >= 15 is 0 Å². The highest BCUT2D eigenvalue weighted by molar-refractivity contribution is 7.09. The lowest BCUT2D eigenvalue weighted by Crippen LogP contribution is -2.41. The van der Waals surface area contributed by atoms with Gasteiger partial charge in [-0.3, -0.25) is 0 Å². The van der Waals surface area contributed by atoms with Crippen LogP contribution in [0, 0.1) is 0 Å². The number of aromatic nitrogens is 1. The zero-order valence-corrected chi connectivity index (χ0v) is 20.4. The fourth-order valence-corrected chi connectivity index (χ4v) is 6.16. The molecule has 1 aromatic carbocycles. The number of thiazole rings is 1. The second kappa shape index (κ2) is 9.11. The van der Waals surface area contributed by atoms with Gasteiger partial charge in [0.25, 0.3) is 0 Å². The normalized spacial score (nSPS) is 19.9. The molecular formula is C25H33ClN2O2S. The minimum atomic E-state index is -0.450. The van der Waals surface area contributed by atoms with Crippen LogP contribution in [0.25, 0.3) is 0 Å². The van der Waals surface area contributed by atoms with E-state index < -0.39 is 5.60 Å². The Morgan fingerprint density at radius 1 is 1.13 bits per heavy atom. The summed E-state index contributed by atoms with van der Waals surface area (Å²) in [5, 5.41) is 4.29. The minimum Gasteiger partial charge on any atom is -0.444 e. The third-order valence-corrected chi connectivity index (χ3v) is 7.87. The van der Waals surface area contributed by atoms with Crippen molar-refractivity contribution >= 4 is 29.0 Å². The molecule has 31 heavy (non-hydrogen) atoms. The van der Waals surface area contributed by atoms with Crippen molar-refractivity contribution in [3.8, 4) is 0 Å². The molecule has 1 aliphatic carbocycles. The van der Waals surface area contributed by atoms with Crippen LogP contribution in [0.5, 0.6) is 0 Å². The third-order valence-electron chi connectivity index (χ3n) is 6.61. The van der Waals surface area contributed by atoms with Crippen molar-refractivity contribution in [2.24, 2.45) is 0 Å². The van der Waals surface area contributed by atoms with Gasteiger partial charge in [0.15, 0.2) is 0 Å². The average Bonchev–Trinajstić information content (AvgIpc) is 3.24. The average molecular weight is 461 g/mol. The molecule has 0 spiro atoms. The Morgan fingerprint density at radius 2 is 1.77 bits per heavy atom. The van der Waals surface area contributed by atoms with Crippen LogP contribution in [0.4, 0.5) is 4.79 Å². The first-order valence-corrected chi connectivity index (χ1v) is 12.7. The molecular weight excluding hydrogens is 428 g/mol. The SMILES string of the molecule is CC(C)(C)OC(=O)N1CCC(c2nc(C3(c4ccc(Cl)cc4)CCCCC3)cs2)CC1. The smallest absolute Gasteiger partial charge is 0.410 e. The Labute approximate surface area is 195 Å². The van der Waals surface area contributed by atoms with Gasteiger partial charge in [-0.05, 0) is 64.2 Å². The van der Waals surface area contributed by atoms with Crippen molar-refractivity contribution in [2.45, 2.75) is 82.7 Å². The van der Waals surface area contributed by atoms with Gasteiger partial charge in [-0.2, -0.15) is 0 Å². The predicted molar refractivity (Wildman–Crippen MR) is 127 cm³/mol. The molecule has 2 aliphatic rings. The Morgan fingerprint density at radius 3 is 2.39 bits per heavy atom. The van der Waals surface area contributed by atoms with Gasteiger partial charge in [-0.1, -0.05) is 43.0 Å². The number of benzene rings is 1. The first kappa shape index (κ1) is 22.6. The summed E-state index contributed by atoms with van der Waals surface area (Å²) in [5.41, 5.74) is 2.13. The predicted octanol–water partition coefficient (Wildman–Crippen LogP) is 7.16. The highest BCUT2D eigenvalue weighted by Gasteiger charge is 2.38. The van der Waals surface area contributed by atoms with Gasteiger partial charge in [0.1, 0.15) is 5.60 Å². The van der Waals surface area contributed by atoms with Gasteiger partial charge in [0.2, 0.25) is 0 Å². The van der Waals surface area contributed by atoms with Crippen LogP contribution in [0.1, 0.15) is 87.9 Å². The lowest BCUT2D eigenvalue weighted by atomic mass is 9.67. The largest absolute Gasteiger partial charge is 0.444 e. The van der Waals surface area contributed by atoms with E-state index in [1.54, 1.807) is 11.3 Å². The van der Waals surface area contributed by atoms with E-state index in [1.807, 2.05) is 37.8 Å². The van der Waals surface area contributed by atoms with Crippen molar-refractivity contribution in [3.05, 3.63) is 50.9 Å². The van der Waals surface area contributed by atoms with E-state index in [2.05, 4.69) is 17.5 Å². The van der Waals surface area contributed by atoms with E-state index in [0.29, 0.717) is 5.92 Å². The van der Waals surface area contributed by atoms with E-state index in [-0.39, 0.29) is 11.5 Å². The molecule has 0 radical (unpaired) electrons. The summed E-state index contributed by atoms with van der Waals surface area (Å²) in [4.78, 5) is 19.4. The molecule has 1 saturated heterocycles. The standard InChI is InChI=1S/C25H33ClN2O2S/c1-24(2,3)30-23(29)28-15-11-18(12-16-28)22-27-21(17-31-22)25(13-5-4-6-14-25)19-7-9-20(26)10-8-19/h7-10,17-18H,4-6,11-16H2,1-3H3. The Hall–Kier alpha value is -1.59. The fraction of sp³-hybridized carbons (Fsp3) is 0.600. The molecule has 2 heterocycles. The number of likely N-dealkylation sites (tertiary alicyclic amines) is 1. The molecule has 1 amide bonds. The van der Waals surface area contributed by atoms with Crippen LogP contribution in [-0.2, 0) is 10.2 Å². The monoisotopic (exact) mass is 460 g/mol. The van der Waals surface area contributed by atoms with Crippen LogP contribution in [0.3, 0.4) is 0 Å². The number of rotatable bonds is 3. The number of halogens is 1. The molecule has 0 bridgehead atoms. The summed E-state index contributed by atoms with van der Waals surface area (Å²) in [6, 6.07) is 8.39. The maximum atomic E-state index is 12.4. The van der Waals surface area contributed by atoms with E-state index in [0.717, 1.165) is 43.8 Å². The Balaban J connectivity index is 1.48. The molecule has 4 nitrogen and oxygen atoms in total. The third kappa shape index (κ3) is 5.09. The summed E-state index contributed by atoms with van der Waals surface area (Å²) < 4.78 is 5.54. The molecule has 0 N–H and O–H groups in total. The second-order valence-corrected chi connectivity index (χ2v) is 11.3. The number of hydrogen-bond donors (Lipinski definition) is 0. The second-order valence-electron chi connectivity index (χ2n) is 9.96. The zero-order valence-electron chi connectivity index (χ0n) is 18.8. The quantitative estimate of drug-likeness (QED) is 0.487. The molecule has 2 fully saturated rings. The number of amides is 1. The van der Waals surface area contributed by atoms with Crippen LogP contribution in [-0.4, -0.2) is 34.7 Å². The molecule has 1 aromatic heterocycles. The van der Waals surface area contributed by atoms with Crippen molar-refractivity contribution in [1.29, 1.82) is 0 Å². The van der Waals surface area contributed by atoms with Gasteiger partial charge >= 0.3 is 6.09 Å². The number of carbonyl (C=O) groups excluding carboxylic acids is 1. The summed E-state index contributed by atoms with van der Waals surface area (Å²) in [5.74, 6) is 0.420. The molecule has 6 heteroatoms. The van der Waals surface area contributed by atoms with Crippen molar-refractivity contribution < 1.29 is 9.53 Å². The molecule has 0 unspecified atom stereocenters. The lowest BCUT2D eigenvalue weighted by Gasteiger charge is -2.37. The van der Waals surface area contributed by atoms with Crippen LogP contribution in [0.15, 0.2) is 29.6 Å². The van der Waals surface area contributed by atoms with Gasteiger partial charge < -0.3 is 9.64 Å². The van der Waals surface area contributed by atoms with Crippen molar-refractivity contribution in [3.63, 3.8) is 0 Å². The van der Waals surface area contributed by atoms with Crippen LogP contribution < -0.4 is 0 Å². The number of nitrogens with zero attached hydrogens (tertiary/aromatic N) is 2. The van der Waals surface area contributed by atoms with Crippen molar-refractivity contribution in [2.75, 3.05) is 13.1 Å². The number of ether oxygens (including phenoxy) is 1. The first-order chi connectivity index (χ1) is 14.8. The van der Waals surface area contributed by atoms with Gasteiger partial charge in [0.05, 0.1) is 10.7 Å². The maximum absolute atomic E-state index is 12.4. The van der Waals surface area contributed by atoms with Gasteiger partial charge in [0, 0.05) is 34.8 Å². The summed E-state index contributed by atoms with van der Waals surface area (Å²) >= 11 is 7.96. The van der Waals surface area contributed by atoms with E-state index in [4.69, 9.17) is 21.3 Å². The number of carbonyl (C=O) groups is 1. The molecule has 2 aromatic rings. The number of piperidine rings is 1. The molecule has 0 atom stereocenters. The summed E-state index contributed by atoms with van der Waals surface area (Å²) in [7, 11) is 0. The minimum absolute atomic E-state index is 0.00874. The lowest BCUT2D eigenvalue weighted by molar-refractivity contribution is 0.0204. The van der Waals surface area contributed by atoms with Crippen molar-refractivity contribution in [1.82, 2.24) is 9.88 Å². The summed E-state index contributed by atoms with van der Waals surface area (Å²) in [6.45, 7) is 7.21. The summed E-state index contributed by atoms with van der Waals surface area (Å²) in [6.07, 6.45) is 7.77. The van der Waals surface area contributed by atoms with E-state index in [9.17, 15) is 4.79 Å². The molecule has 1 saturated carbocycles. The molecule has 1 aliphatic heterocycles. The zero-order chi connectivity index (χ0) is 22.1. The number of hydrogen-bond acceptors (Lipinski definition) is 4. The van der Waals surface area contributed by atoms with Crippen LogP contribution in [0.2, 0.25) is 5.02 Å². The highest BCUT2D eigenvalue weighted by atomic mass is 35.5. The molecule has 4 rings (SSSR count). The Bertz CT molecular complexity index is 889. The molecule has 168 valence electrons. The fourth-order valence-electron chi connectivity index (χ4n) is 4.95.